The number of carbonyl (C=O) groups is 3. The molecule has 0 bridgehead atoms. The van der Waals surface area contributed by atoms with Crippen LogP contribution in [0.1, 0.15) is 51.7 Å². The summed E-state index contributed by atoms with van der Waals surface area (Å²) in [6.45, 7) is 3.24. The molecule has 212 valence electrons. The highest BCUT2D eigenvalue weighted by Crippen LogP contribution is 2.31. The maximum absolute atomic E-state index is 13.7. The van der Waals surface area contributed by atoms with E-state index in [0.717, 1.165) is 42.7 Å². The fourth-order valence-corrected chi connectivity index (χ4v) is 5.97. The molecule has 3 atom stereocenters. The molecule has 2 fully saturated rings. The quantitative estimate of drug-likeness (QED) is 0.340. The topological polar surface area (TPSA) is 120 Å². The normalized spacial score (nSPS) is 21.1. The molecule has 0 saturated carbocycles. The lowest BCUT2D eigenvalue weighted by atomic mass is 9.94. The van der Waals surface area contributed by atoms with E-state index in [-0.39, 0.29) is 30.8 Å². The minimum atomic E-state index is -0.507. The Hall–Kier alpha value is -3.76. The molecule has 3 aromatic rings. The van der Waals surface area contributed by atoms with E-state index >= 15 is 0 Å². The first-order valence-corrected chi connectivity index (χ1v) is 13.9. The third-order valence-electron chi connectivity index (χ3n) is 8.01. The van der Waals surface area contributed by atoms with Crippen molar-refractivity contribution in [1.29, 1.82) is 0 Å². The number of nitrogens with zero attached hydrogens (tertiary/aromatic N) is 4. The number of amides is 2. The van der Waals surface area contributed by atoms with E-state index in [1.165, 1.54) is 13.2 Å². The molecule has 2 amide bonds. The Kier molecular flexibility index (Phi) is 8.46. The number of fused-ring (bicyclic) bond motifs is 1. The summed E-state index contributed by atoms with van der Waals surface area (Å²) in [7, 11) is 3.01. The van der Waals surface area contributed by atoms with Crippen molar-refractivity contribution in [3.05, 3.63) is 65.5 Å². The molecule has 3 heterocycles. The number of aromatic nitrogens is 2. The van der Waals surface area contributed by atoms with E-state index in [9.17, 15) is 14.4 Å². The predicted molar refractivity (Wildman–Crippen MR) is 150 cm³/mol. The number of rotatable bonds is 8. The third-order valence-corrected chi connectivity index (χ3v) is 8.01. The molecular formula is C30H37N5O5. The molecule has 2 aliphatic heterocycles. The number of piperidine rings is 1. The highest BCUT2D eigenvalue weighted by molar-refractivity contribution is 5.98. The Balaban J connectivity index is 1.29. The summed E-state index contributed by atoms with van der Waals surface area (Å²) < 4.78 is 12.3. The molecule has 10 nitrogen and oxygen atoms in total. The molecule has 2 saturated heterocycles. The van der Waals surface area contributed by atoms with Crippen molar-refractivity contribution in [2.75, 3.05) is 47.0 Å². The van der Waals surface area contributed by atoms with E-state index in [0.29, 0.717) is 30.8 Å². The SMILES string of the molecule is COCCCn1c([C@@H]2CCCN(C(=O)[C@@H]3CN(C(=O)c4cccc(C(=O)OC)c4)C[C@H]3N)C2)nc2ccccc21. The van der Waals surface area contributed by atoms with Gasteiger partial charge in [-0.15, -0.1) is 0 Å². The van der Waals surface area contributed by atoms with Crippen LogP contribution in [0.25, 0.3) is 11.0 Å². The van der Waals surface area contributed by atoms with Crippen LogP contribution in [-0.4, -0.2) is 90.2 Å². The number of ether oxygens (including phenoxy) is 2. The van der Waals surface area contributed by atoms with Crippen LogP contribution in [0.15, 0.2) is 48.5 Å². The smallest absolute Gasteiger partial charge is 0.337 e. The molecule has 0 unspecified atom stereocenters. The van der Waals surface area contributed by atoms with Crippen LogP contribution < -0.4 is 5.73 Å². The van der Waals surface area contributed by atoms with Gasteiger partial charge in [-0.25, -0.2) is 9.78 Å². The Labute approximate surface area is 234 Å². The zero-order chi connectivity index (χ0) is 28.2. The monoisotopic (exact) mass is 547 g/mol. The lowest BCUT2D eigenvalue weighted by Gasteiger charge is -2.35. The van der Waals surface area contributed by atoms with Gasteiger partial charge >= 0.3 is 5.97 Å². The van der Waals surface area contributed by atoms with Gasteiger partial charge in [0.25, 0.3) is 5.91 Å². The Morgan fingerprint density at radius 2 is 1.80 bits per heavy atom. The van der Waals surface area contributed by atoms with E-state index < -0.39 is 17.9 Å². The molecular weight excluding hydrogens is 510 g/mol. The van der Waals surface area contributed by atoms with Crippen molar-refractivity contribution < 1.29 is 23.9 Å². The lowest BCUT2D eigenvalue weighted by Crippen LogP contribution is -2.47. The van der Waals surface area contributed by atoms with Crippen molar-refractivity contribution >= 4 is 28.8 Å². The standard InChI is InChI=1S/C30H37N5O5/c1-39-15-7-14-35-26-12-4-3-11-25(26)32-27(35)22-10-6-13-33(17-22)29(37)23-18-34(19-24(23)31)28(36)20-8-5-9-21(16-20)30(38)40-2/h3-5,8-9,11-12,16,22-24H,6-7,10,13-15,17-19,31H2,1-2H3/t22-,23-,24-/m1/s1. The minimum Gasteiger partial charge on any atom is -0.465 e. The number of hydrogen-bond acceptors (Lipinski definition) is 7. The van der Waals surface area contributed by atoms with E-state index in [1.54, 1.807) is 30.2 Å². The zero-order valence-corrected chi connectivity index (χ0v) is 23.1. The summed E-state index contributed by atoms with van der Waals surface area (Å²) in [5.41, 5.74) is 9.17. The molecule has 5 rings (SSSR count). The van der Waals surface area contributed by atoms with Gasteiger partial charge in [-0.2, -0.15) is 0 Å². The number of carbonyl (C=O) groups excluding carboxylic acids is 3. The van der Waals surface area contributed by atoms with E-state index in [2.05, 4.69) is 10.6 Å². The number of benzene rings is 2. The molecule has 10 heteroatoms. The van der Waals surface area contributed by atoms with Crippen LogP contribution in [0.3, 0.4) is 0 Å². The van der Waals surface area contributed by atoms with Gasteiger partial charge in [-0.3, -0.25) is 9.59 Å². The molecule has 0 spiro atoms. The van der Waals surface area contributed by atoms with Crippen LogP contribution in [0, 0.1) is 5.92 Å². The van der Waals surface area contributed by atoms with Crippen molar-refractivity contribution in [3.8, 4) is 0 Å². The first kappa shape index (κ1) is 27.8. The largest absolute Gasteiger partial charge is 0.465 e. The first-order chi connectivity index (χ1) is 19.4. The first-order valence-electron chi connectivity index (χ1n) is 13.9. The van der Waals surface area contributed by atoms with Crippen LogP contribution in [0.5, 0.6) is 0 Å². The molecule has 2 N–H and O–H groups in total. The van der Waals surface area contributed by atoms with Crippen LogP contribution in [-0.2, 0) is 20.8 Å². The van der Waals surface area contributed by atoms with Gasteiger partial charge < -0.3 is 29.6 Å². The molecule has 2 aromatic carbocycles. The number of methoxy groups -OCH3 is 2. The van der Waals surface area contributed by atoms with Gasteiger partial charge in [-0.1, -0.05) is 18.2 Å². The van der Waals surface area contributed by atoms with Crippen molar-refractivity contribution in [3.63, 3.8) is 0 Å². The highest BCUT2D eigenvalue weighted by Gasteiger charge is 2.41. The number of nitrogens with two attached hydrogens (primary N) is 1. The van der Waals surface area contributed by atoms with Crippen LogP contribution >= 0.6 is 0 Å². The number of imidazole rings is 1. The average molecular weight is 548 g/mol. The van der Waals surface area contributed by atoms with Gasteiger partial charge in [0.05, 0.1) is 29.6 Å². The van der Waals surface area contributed by atoms with Crippen LogP contribution in [0.2, 0.25) is 0 Å². The number of likely N-dealkylation sites (tertiary alicyclic amines) is 2. The summed E-state index contributed by atoms with van der Waals surface area (Å²) in [4.78, 5) is 47.4. The van der Waals surface area contributed by atoms with E-state index in [1.807, 2.05) is 23.1 Å². The molecule has 1 aromatic heterocycles. The second-order valence-corrected chi connectivity index (χ2v) is 10.6. The summed E-state index contributed by atoms with van der Waals surface area (Å²) in [5, 5.41) is 0. The fraction of sp³-hybridized carbons (Fsp3) is 0.467. The molecule has 0 radical (unpaired) electrons. The Bertz CT molecular complexity index is 1390. The minimum absolute atomic E-state index is 0.0159. The maximum Gasteiger partial charge on any atom is 0.337 e. The zero-order valence-electron chi connectivity index (χ0n) is 23.1. The second-order valence-electron chi connectivity index (χ2n) is 10.6. The predicted octanol–water partition coefficient (Wildman–Crippen LogP) is 2.66. The number of para-hydroxylation sites is 2. The lowest BCUT2D eigenvalue weighted by molar-refractivity contribution is -0.136. The molecule has 40 heavy (non-hydrogen) atoms. The summed E-state index contributed by atoms with van der Waals surface area (Å²) in [6.07, 6.45) is 2.71. The Morgan fingerprint density at radius 1 is 1.00 bits per heavy atom. The second kappa shape index (κ2) is 12.2. The van der Waals surface area contributed by atoms with Crippen molar-refractivity contribution in [2.45, 2.75) is 37.8 Å². The third kappa shape index (κ3) is 5.59. The number of hydrogen-bond donors (Lipinski definition) is 1. The summed E-state index contributed by atoms with van der Waals surface area (Å²) in [6, 6.07) is 14.1. The van der Waals surface area contributed by atoms with Gasteiger partial charge in [-0.05, 0) is 49.6 Å². The summed E-state index contributed by atoms with van der Waals surface area (Å²) in [5.74, 6) is -0.132. The highest BCUT2D eigenvalue weighted by atomic mass is 16.5. The summed E-state index contributed by atoms with van der Waals surface area (Å²) >= 11 is 0. The van der Waals surface area contributed by atoms with Gasteiger partial charge in [0.15, 0.2) is 0 Å². The van der Waals surface area contributed by atoms with Crippen molar-refractivity contribution in [2.24, 2.45) is 11.7 Å². The van der Waals surface area contributed by atoms with Gasteiger partial charge in [0.2, 0.25) is 5.91 Å². The van der Waals surface area contributed by atoms with Gasteiger partial charge in [0, 0.05) is 64.0 Å². The number of aryl methyl sites for hydroxylation is 1. The van der Waals surface area contributed by atoms with Gasteiger partial charge in [0.1, 0.15) is 5.82 Å². The fourth-order valence-electron chi connectivity index (χ4n) is 5.97. The van der Waals surface area contributed by atoms with Crippen LogP contribution in [0.4, 0.5) is 0 Å². The molecule has 2 aliphatic rings. The van der Waals surface area contributed by atoms with E-state index in [4.69, 9.17) is 20.2 Å². The molecule has 0 aliphatic carbocycles. The Morgan fingerprint density at radius 3 is 2.60 bits per heavy atom. The number of esters is 1. The van der Waals surface area contributed by atoms with Crippen molar-refractivity contribution in [1.82, 2.24) is 19.4 Å². The average Bonchev–Trinajstić information content (AvgIpc) is 3.57. The maximum atomic E-state index is 13.7.